The van der Waals surface area contributed by atoms with Gasteiger partial charge < -0.3 is 5.11 Å². The summed E-state index contributed by atoms with van der Waals surface area (Å²) >= 11 is 0. The molecule has 0 amide bonds. The largest absolute Gasteiger partial charge is 0.395 e. The Morgan fingerprint density at radius 1 is 1.11 bits per heavy atom. The van der Waals surface area contributed by atoms with Gasteiger partial charge in [0.05, 0.1) is 6.61 Å². The minimum Gasteiger partial charge on any atom is -0.395 e. The van der Waals surface area contributed by atoms with Gasteiger partial charge in [-0.2, -0.15) is 0 Å². The van der Waals surface area contributed by atoms with Crippen LogP contribution in [0.25, 0.3) is 0 Å². The lowest BCUT2D eigenvalue weighted by Gasteiger charge is -2.28. The van der Waals surface area contributed by atoms with E-state index < -0.39 is 0 Å². The summed E-state index contributed by atoms with van der Waals surface area (Å²) in [6.45, 7) is 3.12. The quantitative estimate of drug-likeness (QED) is 0.792. The number of allylic oxidation sites excluding steroid dienone is 2. The van der Waals surface area contributed by atoms with Gasteiger partial charge in [-0.25, -0.2) is 0 Å². The standard InChI is InChI=1S/C17H23NO/c19-9-8-18(12-14-4-2-1-3-5-14)13-17-11-15-6-7-16(17)10-15/h1-7,15-17,19H,8-13H2/t15-,16+,17+/m1/s1. The van der Waals surface area contributed by atoms with Crippen molar-refractivity contribution >= 4 is 0 Å². The molecule has 2 aliphatic carbocycles. The summed E-state index contributed by atoms with van der Waals surface area (Å²) in [7, 11) is 0. The molecule has 1 saturated carbocycles. The van der Waals surface area contributed by atoms with Crippen molar-refractivity contribution in [2.24, 2.45) is 17.8 Å². The van der Waals surface area contributed by atoms with Crippen LogP contribution in [0.15, 0.2) is 42.5 Å². The predicted molar refractivity (Wildman–Crippen MR) is 77.6 cm³/mol. The van der Waals surface area contributed by atoms with Crippen molar-refractivity contribution in [3.05, 3.63) is 48.0 Å². The van der Waals surface area contributed by atoms with Gasteiger partial charge in [0.2, 0.25) is 0 Å². The summed E-state index contributed by atoms with van der Waals surface area (Å²) < 4.78 is 0. The first-order valence-electron chi connectivity index (χ1n) is 7.40. The van der Waals surface area contributed by atoms with Gasteiger partial charge >= 0.3 is 0 Å². The van der Waals surface area contributed by atoms with Crippen molar-refractivity contribution in [3.8, 4) is 0 Å². The molecule has 3 atom stereocenters. The molecule has 2 aliphatic rings. The van der Waals surface area contributed by atoms with Crippen LogP contribution < -0.4 is 0 Å². The maximum absolute atomic E-state index is 9.26. The van der Waals surface area contributed by atoms with E-state index >= 15 is 0 Å². The minimum absolute atomic E-state index is 0.253. The number of nitrogens with zero attached hydrogens (tertiary/aromatic N) is 1. The number of fused-ring (bicyclic) bond motifs is 2. The van der Waals surface area contributed by atoms with Crippen LogP contribution in [0.5, 0.6) is 0 Å². The highest BCUT2D eigenvalue weighted by molar-refractivity contribution is 5.15. The molecule has 1 aromatic rings. The number of hydrogen-bond donors (Lipinski definition) is 1. The second-order valence-corrected chi connectivity index (χ2v) is 5.98. The highest BCUT2D eigenvalue weighted by atomic mass is 16.3. The van der Waals surface area contributed by atoms with Crippen molar-refractivity contribution in [1.29, 1.82) is 0 Å². The minimum atomic E-state index is 0.253. The number of benzene rings is 1. The summed E-state index contributed by atoms with van der Waals surface area (Å²) in [6.07, 6.45) is 7.52. The van der Waals surface area contributed by atoms with Gasteiger partial charge in [-0.15, -0.1) is 0 Å². The molecule has 19 heavy (non-hydrogen) atoms. The van der Waals surface area contributed by atoms with Crippen molar-refractivity contribution in [2.45, 2.75) is 19.4 Å². The SMILES string of the molecule is OCCN(Cc1ccccc1)C[C@@H]1C[C@@H]2C=C[C@H]1C2. The monoisotopic (exact) mass is 257 g/mol. The van der Waals surface area contributed by atoms with E-state index in [1.807, 2.05) is 0 Å². The van der Waals surface area contributed by atoms with E-state index in [-0.39, 0.29) is 6.61 Å². The van der Waals surface area contributed by atoms with Crippen molar-refractivity contribution < 1.29 is 5.11 Å². The molecule has 1 aromatic carbocycles. The molecule has 1 N–H and O–H groups in total. The summed E-state index contributed by atoms with van der Waals surface area (Å²) in [5.74, 6) is 2.43. The lowest BCUT2D eigenvalue weighted by atomic mass is 9.93. The Morgan fingerprint density at radius 3 is 2.58 bits per heavy atom. The van der Waals surface area contributed by atoms with Crippen LogP contribution in [0.4, 0.5) is 0 Å². The zero-order valence-electron chi connectivity index (χ0n) is 11.4. The molecule has 0 heterocycles. The molecular weight excluding hydrogens is 234 g/mol. The molecule has 1 fully saturated rings. The van der Waals surface area contributed by atoms with Crippen LogP contribution in [0.1, 0.15) is 18.4 Å². The second kappa shape index (κ2) is 5.89. The Hall–Kier alpha value is -1.12. The number of rotatable bonds is 6. The van der Waals surface area contributed by atoms with Gasteiger partial charge in [-0.05, 0) is 36.2 Å². The van der Waals surface area contributed by atoms with Gasteiger partial charge in [-0.1, -0.05) is 42.5 Å². The third kappa shape index (κ3) is 3.07. The molecule has 102 valence electrons. The summed E-state index contributed by atoms with van der Waals surface area (Å²) in [5.41, 5.74) is 1.34. The van der Waals surface area contributed by atoms with Crippen molar-refractivity contribution in [1.82, 2.24) is 4.90 Å². The zero-order valence-corrected chi connectivity index (χ0v) is 11.4. The van der Waals surface area contributed by atoms with Gasteiger partial charge in [0.1, 0.15) is 0 Å². The molecule has 0 radical (unpaired) electrons. The van der Waals surface area contributed by atoms with Crippen LogP contribution >= 0.6 is 0 Å². The topological polar surface area (TPSA) is 23.5 Å². The summed E-state index contributed by atoms with van der Waals surface area (Å²) in [4.78, 5) is 2.41. The fraction of sp³-hybridized carbons (Fsp3) is 0.529. The average molecular weight is 257 g/mol. The molecule has 0 saturated heterocycles. The Labute approximate surface area is 115 Å². The maximum atomic E-state index is 9.26. The number of aliphatic hydroxyl groups excluding tert-OH is 1. The van der Waals surface area contributed by atoms with Gasteiger partial charge in [0.15, 0.2) is 0 Å². The third-order valence-electron chi connectivity index (χ3n) is 4.57. The highest BCUT2D eigenvalue weighted by Crippen LogP contribution is 2.43. The van der Waals surface area contributed by atoms with Crippen LogP contribution in [0.3, 0.4) is 0 Å². The van der Waals surface area contributed by atoms with Crippen LogP contribution in [-0.4, -0.2) is 29.7 Å². The van der Waals surface area contributed by atoms with Crippen molar-refractivity contribution in [3.63, 3.8) is 0 Å². The predicted octanol–water partition coefficient (Wildman–Crippen LogP) is 2.69. The fourth-order valence-corrected chi connectivity index (χ4v) is 3.65. The lowest BCUT2D eigenvalue weighted by Crippen LogP contribution is -2.33. The highest BCUT2D eigenvalue weighted by Gasteiger charge is 2.36. The molecule has 3 rings (SSSR count). The number of aliphatic hydroxyl groups is 1. The first-order chi connectivity index (χ1) is 9.35. The van der Waals surface area contributed by atoms with Gasteiger partial charge in [0.25, 0.3) is 0 Å². The van der Waals surface area contributed by atoms with Crippen molar-refractivity contribution in [2.75, 3.05) is 19.7 Å². The lowest BCUT2D eigenvalue weighted by molar-refractivity contribution is 0.161. The molecular formula is C17H23NO. The van der Waals surface area contributed by atoms with Crippen LogP contribution in [-0.2, 0) is 6.54 Å². The zero-order chi connectivity index (χ0) is 13.1. The fourth-order valence-electron chi connectivity index (χ4n) is 3.65. The molecule has 0 aromatic heterocycles. The Balaban J connectivity index is 1.60. The third-order valence-corrected chi connectivity index (χ3v) is 4.57. The van der Waals surface area contributed by atoms with Gasteiger partial charge in [-0.3, -0.25) is 4.90 Å². The van der Waals surface area contributed by atoms with E-state index in [0.717, 1.165) is 37.4 Å². The molecule has 2 nitrogen and oxygen atoms in total. The first kappa shape index (κ1) is 12.9. The summed E-state index contributed by atoms with van der Waals surface area (Å²) in [5, 5.41) is 9.26. The molecule has 0 unspecified atom stereocenters. The maximum Gasteiger partial charge on any atom is 0.0558 e. The molecule has 0 spiro atoms. The Bertz CT molecular complexity index is 428. The second-order valence-electron chi connectivity index (χ2n) is 5.98. The van der Waals surface area contributed by atoms with E-state index in [4.69, 9.17) is 0 Å². The van der Waals surface area contributed by atoms with E-state index in [0.29, 0.717) is 0 Å². The smallest absolute Gasteiger partial charge is 0.0558 e. The van der Waals surface area contributed by atoms with E-state index in [1.54, 1.807) is 0 Å². The number of hydrogen-bond acceptors (Lipinski definition) is 2. The average Bonchev–Trinajstić information content (AvgIpc) is 3.02. The Morgan fingerprint density at radius 2 is 1.95 bits per heavy atom. The molecule has 0 aliphatic heterocycles. The molecule has 2 bridgehead atoms. The van der Waals surface area contributed by atoms with Crippen LogP contribution in [0, 0.1) is 17.8 Å². The van der Waals surface area contributed by atoms with E-state index in [1.165, 1.54) is 18.4 Å². The van der Waals surface area contributed by atoms with E-state index in [2.05, 4.69) is 47.4 Å². The molecule has 2 heteroatoms. The normalized spacial score (nSPS) is 28.4. The first-order valence-corrected chi connectivity index (χ1v) is 7.40. The summed E-state index contributed by atoms with van der Waals surface area (Å²) in [6, 6.07) is 10.6. The Kier molecular flexibility index (Phi) is 4.00. The van der Waals surface area contributed by atoms with Gasteiger partial charge in [0, 0.05) is 19.6 Å². The van der Waals surface area contributed by atoms with Crippen LogP contribution in [0.2, 0.25) is 0 Å². The van der Waals surface area contributed by atoms with E-state index in [9.17, 15) is 5.11 Å².